The van der Waals surface area contributed by atoms with Gasteiger partial charge >= 0.3 is 0 Å². The van der Waals surface area contributed by atoms with Gasteiger partial charge in [-0.25, -0.2) is 0 Å². The van der Waals surface area contributed by atoms with Crippen molar-refractivity contribution in [1.29, 1.82) is 0 Å². The van der Waals surface area contributed by atoms with Gasteiger partial charge in [0.25, 0.3) is 0 Å². The quantitative estimate of drug-likeness (QED) is 0.940. The molecule has 0 amide bonds. The van der Waals surface area contributed by atoms with Crippen LogP contribution in [0.2, 0.25) is 0 Å². The third-order valence-corrected chi connectivity index (χ3v) is 4.45. The Morgan fingerprint density at radius 3 is 2.41 bits per heavy atom. The Balaban J connectivity index is 1.95. The zero-order chi connectivity index (χ0) is 15.4. The van der Waals surface area contributed by atoms with Gasteiger partial charge in [-0.3, -0.25) is 9.88 Å². The van der Waals surface area contributed by atoms with Crippen LogP contribution in [0, 0.1) is 6.92 Å². The van der Waals surface area contributed by atoms with Gasteiger partial charge in [-0.05, 0) is 30.5 Å². The average Bonchev–Trinajstić information content (AvgIpc) is 2.58. The second-order valence-electron chi connectivity index (χ2n) is 6.04. The molecule has 0 aliphatic carbocycles. The summed E-state index contributed by atoms with van der Waals surface area (Å²) in [6, 6.07) is 13.6. The molecule has 1 unspecified atom stereocenters. The highest BCUT2D eigenvalue weighted by Gasteiger charge is 2.24. The van der Waals surface area contributed by atoms with Crippen LogP contribution in [0.3, 0.4) is 0 Å². The molecule has 1 fully saturated rings. The highest BCUT2D eigenvalue weighted by molar-refractivity contribution is 5.31. The van der Waals surface area contributed by atoms with Crippen LogP contribution in [0.5, 0.6) is 0 Å². The first kappa shape index (κ1) is 15.2. The number of aromatic nitrogens is 1. The molecule has 2 aromatic rings. The molecule has 1 N–H and O–H groups in total. The van der Waals surface area contributed by atoms with Gasteiger partial charge in [0.05, 0.1) is 11.7 Å². The number of benzene rings is 1. The summed E-state index contributed by atoms with van der Waals surface area (Å²) < 4.78 is 0. The number of aryl methyl sites for hydroxylation is 2. The molecule has 3 heteroatoms. The highest BCUT2D eigenvalue weighted by Crippen LogP contribution is 2.28. The van der Waals surface area contributed by atoms with Crippen LogP contribution in [0.4, 0.5) is 0 Å². The van der Waals surface area contributed by atoms with Crippen molar-refractivity contribution >= 4 is 0 Å². The second-order valence-corrected chi connectivity index (χ2v) is 6.04. The van der Waals surface area contributed by atoms with Gasteiger partial charge in [0.1, 0.15) is 0 Å². The zero-order valence-electron chi connectivity index (χ0n) is 13.5. The summed E-state index contributed by atoms with van der Waals surface area (Å²) >= 11 is 0. The van der Waals surface area contributed by atoms with E-state index >= 15 is 0 Å². The Morgan fingerprint density at radius 2 is 1.82 bits per heavy atom. The fraction of sp³-hybridized carbons (Fsp3) is 0.421. The fourth-order valence-electron chi connectivity index (χ4n) is 3.06. The van der Waals surface area contributed by atoms with Crippen LogP contribution < -0.4 is 5.32 Å². The van der Waals surface area contributed by atoms with Gasteiger partial charge in [-0.15, -0.1) is 0 Å². The van der Waals surface area contributed by atoms with Crippen molar-refractivity contribution < 1.29 is 0 Å². The fourth-order valence-corrected chi connectivity index (χ4v) is 3.06. The first-order chi connectivity index (χ1) is 10.8. The van der Waals surface area contributed by atoms with Gasteiger partial charge < -0.3 is 5.32 Å². The SMILES string of the molecule is CCc1ccc(C(c2ccc(C)cc2)N2CCNCC2)nc1. The lowest BCUT2D eigenvalue weighted by molar-refractivity contribution is 0.195. The Morgan fingerprint density at radius 1 is 1.09 bits per heavy atom. The van der Waals surface area contributed by atoms with E-state index in [2.05, 4.69) is 60.5 Å². The first-order valence-electron chi connectivity index (χ1n) is 8.24. The molecular formula is C19H25N3. The zero-order valence-corrected chi connectivity index (χ0v) is 13.5. The van der Waals surface area contributed by atoms with Gasteiger partial charge in [0, 0.05) is 32.4 Å². The van der Waals surface area contributed by atoms with Crippen molar-refractivity contribution in [2.75, 3.05) is 26.2 Å². The predicted molar refractivity (Wildman–Crippen MR) is 91.1 cm³/mol. The topological polar surface area (TPSA) is 28.2 Å². The van der Waals surface area contributed by atoms with Crippen LogP contribution >= 0.6 is 0 Å². The molecule has 2 heterocycles. The molecule has 0 bridgehead atoms. The minimum Gasteiger partial charge on any atom is -0.314 e. The Hall–Kier alpha value is -1.71. The molecule has 0 spiro atoms. The maximum absolute atomic E-state index is 4.76. The summed E-state index contributed by atoms with van der Waals surface area (Å²) in [5.41, 5.74) is 5.09. The van der Waals surface area contributed by atoms with E-state index in [9.17, 15) is 0 Å². The van der Waals surface area contributed by atoms with Crippen molar-refractivity contribution in [3.8, 4) is 0 Å². The van der Waals surface area contributed by atoms with Crippen molar-refractivity contribution in [2.45, 2.75) is 26.3 Å². The maximum atomic E-state index is 4.76. The molecule has 1 saturated heterocycles. The average molecular weight is 295 g/mol. The van der Waals surface area contributed by atoms with Gasteiger partial charge in [-0.2, -0.15) is 0 Å². The van der Waals surface area contributed by atoms with Crippen molar-refractivity contribution in [1.82, 2.24) is 15.2 Å². The number of hydrogen-bond acceptors (Lipinski definition) is 3. The standard InChI is InChI=1S/C19H25N3/c1-3-16-6-9-18(21-14-16)19(22-12-10-20-11-13-22)17-7-4-15(2)5-8-17/h4-9,14,19-20H,3,10-13H2,1-2H3. The Labute approximate surface area is 133 Å². The van der Waals surface area contributed by atoms with Crippen molar-refractivity contribution in [3.63, 3.8) is 0 Å². The smallest absolute Gasteiger partial charge is 0.0777 e. The molecule has 3 rings (SSSR count). The molecule has 0 radical (unpaired) electrons. The van der Waals surface area contributed by atoms with Crippen molar-refractivity contribution in [3.05, 3.63) is 65.0 Å². The normalized spacial score (nSPS) is 17.4. The van der Waals surface area contributed by atoms with E-state index in [4.69, 9.17) is 4.98 Å². The molecule has 116 valence electrons. The maximum Gasteiger partial charge on any atom is 0.0777 e. The van der Waals surface area contributed by atoms with E-state index in [1.165, 1.54) is 16.7 Å². The highest BCUT2D eigenvalue weighted by atomic mass is 15.2. The summed E-state index contributed by atoms with van der Waals surface area (Å²) in [6.45, 7) is 8.54. The number of rotatable bonds is 4. The molecular weight excluding hydrogens is 270 g/mol. The monoisotopic (exact) mass is 295 g/mol. The molecule has 1 aliphatic heterocycles. The van der Waals surface area contributed by atoms with Crippen molar-refractivity contribution in [2.24, 2.45) is 0 Å². The number of hydrogen-bond donors (Lipinski definition) is 1. The number of nitrogens with one attached hydrogen (secondary N) is 1. The van der Waals surface area contributed by atoms with E-state index < -0.39 is 0 Å². The van der Waals surface area contributed by atoms with E-state index in [0.717, 1.165) is 38.3 Å². The lowest BCUT2D eigenvalue weighted by Crippen LogP contribution is -2.45. The van der Waals surface area contributed by atoms with E-state index in [1.54, 1.807) is 0 Å². The minimum atomic E-state index is 0.258. The second kappa shape index (κ2) is 7.03. The van der Waals surface area contributed by atoms with Crippen LogP contribution in [0.25, 0.3) is 0 Å². The lowest BCUT2D eigenvalue weighted by Gasteiger charge is -2.35. The van der Waals surface area contributed by atoms with Gasteiger partial charge in [-0.1, -0.05) is 42.8 Å². The van der Waals surface area contributed by atoms with Gasteiger partial charge in [0.15, 0.2) is 0 Å². The van der Waals surface area contributed by atoms with Crippen LogP contribution in [0.1, 0.15) is 35.3 Å². The summed E-state index contributed by atoms with van der Waals surface area (Å²) in [6.07, 6.45) is 3.06. The Kier molecular flexibility index (Phi) is 4.86. The van der Waals surface area contributed by atoms with Gasteiger partial charge in [0.2, 0.25) is 0 Å². The molecule has 0 saturated carbocycles. The Bertz CT molecular complexity index is 583. The number of pyridine rings is 1. The van der Waals surface area contributed by atoms with E-state index in [0.29, 0.717) is 0 Å². The molecule has 1 atom stereocenters. The molecule has 1 aliphatic rings. The molecule has 1 aromatic heterocycles. The first-order valence-corrected chi connectivity index (χ1v) is 8.24. The summed E-state index contributed by atoms with van der Waals surface area (Å²) in [7, 11) is 0. The molecule has 3 nitrogen and oxygen atoms in total. The summed E-state index contributed by atoms with van der Waals surface area (Å²) in [5, 5.41) is 3.44. The third-order valence-electron chi connectivity index (χ3n) is 4.45. The predicted octanol–water partition coefficient (Wildman–Crippen LogP) is 2.95. The van der Waals surface area contributed by atoms with Crippen LogP contribution in [-0.4, -0.2) is 36.1 Å². The van der Waals surface area contributed by atoms with Crippen LogP contribution in [-0.2, 0) is 6.42 Å². The summed E-state index contributed by atoms with van der Waals surface area (Å²) in [5.74, 6) is 0. The van der Waals surface area contributed by atoms with E-state index in [-0.39, 0.29) is 6.04 Å². The third kappa shape index (κ3) is 3.37. The number of nitrogens with zero attached hydrogens (tertiary/aromatic N) is 2. The minimum absolute atomic E-state index is 0.258. The van der Waals surface area contributed by atoms with Crippen LogP contribution in [0.15, 0.2) is 42.6 Å². The largest absolute Gasteiger partial charge is 0.314 e. The van der Waals surface area contributed by atoms with E-state index in [1.807, 2.05) is 6.20 Å². The summed E-state index contributed by atoms with van der Waals surface area (Å²) in [4.78, 5) is 7.30. The number of piperazine rings is 1. The molecule has 22 heavy (non-hydrogen) atoms. The lowest BCUT2D eigenvalue weighted by atomic mass is 9.99. The molecule has 1 aromatic carbocycles.